The summed E-state index contributed by atoms with van der Waals surface area (Å²) in [6.07, 6.45) is -22.2. The van der Waals surface area contributed by atoms with Gasteiger partial charge in [-0.15, -0.1) is 0 Å². The van der Waals surface area contributed by atoms with Crippen LogP contribution in [-0.4, -0.2) is 197 Å². The van der Waals surface area contributed by atoms with E-state index in [0.29, 0.717) is 49.3 Å². The number of nitrogens with one attached hydrogen (secondary N) is 5. The molecule has 57 heteroatoms. The molecule has 5 aromatic rings. The van der Waals surface area contributed by atoms with Crippen LogP contribution in [-0.2, 0) is 105 Å². The summed E-state index contributed by atoms with van der Waals surface area (Å²) in [5.74, 6) is -6.96. The molecule has 0 amide bonds. The Kier molecular flexibility index (Phi) is 27.4. The molecular formula is C50H64F5N10O37P5. The average molecular weight is 1650 g/mol. The van der Waals surface area contributed by atoms with Gasteiger partial charge in [0.2, 0.25) is 29.1 Å². The minimum atomic E-state index is -5.14. The lowest BCUT2D eigenvalue weighted by atomic mass is 10.2. The first-order valence-corrected chi connectivity index (χ1v) is 37.8. The zero-order valence-corrected chi connectivity index (χ0v) is 59.7. The second kappa shape index (κ2) is 34.7. The molecule has 107 heavy (non-hydrogen) atoms. The highest BCUT2D eigenvalue weighted by Gasteiger charge is 2.50. The molecule has 47 nitrogen and oxygen atoms in total. The standard InChI is InChI=1S/C40H50F4N8O29P4.C10H14FN2O8P/c1-67-82(62,63)71-14-26-22(6-30(76-26)50-10-18(42)34(55)46-38(50)59)79-84(65,69-3)73-16-28-24(8-32(78-28)52-12-20(44)36(57)48-40(52)61)81-85(66,70-4)74-15-27-23(7-31(77-27)51-11-19(43)35(56)47-39(51)60)80-83(64,68-2)72-13-25-21(53)5-29(75-25)49-9-17(41)33(54)45-37(49)58;1-19-22(17,18)20-4-7-6(14)2-8(21-7)13-3-5(11)9(15)12-10(13)16/h9-12,21-32,53H,5-8,13-16H2,1-4H3,(H,62,63)(H,45,54,58)(H,46,55,59)(H,47,56,60)(H,48,57,61);3,6-8,14H,2,4H2,1H3,(H,17,18)(H,12,15,16). The number of aliphatic hydroxyl groups is 2. The molecule has 0 bridgehead atoms. The van der Waals surface area contributed by atoms with Crippen LogP contribution in [0.2, 0.25) is 0 Å². The number of ether oxygens (including phenoxy) is 5. The third-order valence-electron chi connectivity index (χ3n) is 16.0. The molecule has 5 fully saturated rings. The van der Waals surface area contributed by atoms with Gasteiger partial charge in [-0.3, -0.25) is 131 Å². The number of halogens is 5. The maximum absolute atomic E-state index is 14.6. The van der Waals surface area contributed by atoms with Crippen molar-refractivity contribution < 1.29 is 147 Å². The van der Waals surface area contributed by atoms with Crippen LogP contribution in [0, 0.1) is 29.1 Å². The van der Waals surface area contributed by atoms with Crippen molar-refractivity contribution in [3.8, 4) is 0 Å². The molecule has 10 rings (SSSR count). The second-order valence-corrected chi connectivity index (χ2v) is 31.1. The van der Waals surface area contributed by atoms with E-state index in [2.05, 4.69) is 13.6 Å². The number of aromatic amines is 5. The lowest BCUT2D eigenvalue weighted by Crippen LogP contribution is -2.34. The summed E-state index contributed by atoms with van der Waals surface area (Å²) in [5.41, 5.74) is -12.5. The number of nitrogens with zero attached hydrogens (tertiary/aromatic N) is 5. The Morgan fingerprint density at radius 2 is 0.561 bits per heavy atom. The summed E-state index contributed by atoms with van der Waals surface area (Å²) in [6, 6.07) is 0. The van der Waals surface area contributed by atoms with Crippen LogP contribution in [0.15, 0.2) is 78.9 Å². The summed E-state index contributed by atoms with van der Waals surface area (Å²) < 4.78 is 236. The van der Waals surface area contributed by atoms with Gasteiger partial charge in [0.25, 0.3) is 27.8 Å². The van der Waals surface area contributed by atoms with Gasteiger partial charge in [-0.05, 0) is 0 Å². The van der Waals surface area contributed by atoms with Crippen molar-refractivity contribution in [3.05, 3.63) is 164 Å². The number of rotatable bonds is 31. The number of hydrogen-bond acceptors (Lipinski definition) is 35. The monoisotopic (exact) mass is 1650 g/mol. The van der Waals surface area contributed by atoms with Crippen LogP contribution in [0.5, 0.6) is 0 Å². The topological polar surface area (TPSA) is 607 Å². The zero-order chi connectivity index (χ0) is 78.6. The summed E-state index contributed by atoms with van der Waals surface area (Å²) >= 11 is 0. The van der Waals surface area contributed by atoms with Crippen molar-refractivity contribution in [3.63, 3.8) is 0 Å². The van der Waals surface area contributed by atoms with Crippen LogP contribution in [0.25, 0.3) is 0 Å². The fraction of sp³-hybridized carbons (Fsp3) is 0.600. The molecule has 5 aliphatic rings. The van der Waals surface area contributed by atoms with Gasteiger partial charge < -0.3 is 43.7 Å². The van der Waals surface area contributed by atoms with Crippen molar-refractivity contribution in [1.29, 1.82) is 0 Å². The fourth-order valence-corrected chi connectivity index (χ4v) is 14.9. The van der Waals surface area contributed by atoms with Crippen LogP contribution in [0.3, 0.4) is 0 Å². The molecule has 5 aromatic heterocycles. The first kappa shape index (κ1) is 84.3. The van der Waals surface area contributed by atoms with Crippen molar-refractivity contribution in [1.82, 2.24) is 47.8 Å². The molecule has 0 aliphatic carbocycles. The molecule has 596 valence electrons. The SMILES string of the molecule is COP(=O)(O)OCC1OC(n2cc(F)c(=O)[nH]c2=O)CC1O.COP(=O)(O)OCC1OC(n2cc(F)c(=O)[nH]c2=O)CC1OP(=O)(OC)OCC1OC(n2cc(F)c(=O)[nH]c2=O)CC1OP(=O)(OC)OCC1OC(n2cc(F)c(=O)[nH]c2=O)CC1OP(=O)(OC)OCC1OC(n2cc(F)c(=O)[nH]c2=O)CC1O. The van der Waals surface area contributed by atoms with Gasteiger partial charge in [0.1, 0.15) is 80.0 Å². The zero-order valence-electron chi connectivity index (χ0n) is 55.2. The largest absolute Gasteiger partial charge is 0.474 e. The Morgan fingerprint density at radius 1 is 0.355 bits per heavy atom. The van der Waals surface area contributed by atoms with Crippen LogP contribution >= 0.6 is 39.1 Å². The van der Waals surface area contributed by atoms with E-state index >= 15 is 0 Å². The smallest absolute Gasteiger partial charge is 0.390 e. The van der Waals surface area contributed by atoms with E-state index in [-0.39, 0.29) is 12.8 Å². The second-order valence-electron chi connectivity index (χ2n) is 22.8. The van der Waals surface area contributed by atoms with Crippen LogP contribution in [0.4, 0.5) is 22.0 Å². The van der Waals surface area contributed by atoms with E-state index in [1.165, 1.54) is 0 Å². The highest BCUT2D eigenvalue weighted by Crippen LogP contribution is 2.58. The highest BCUT2D eigenvalue weighted by atomic mass is 31.2. The summed E-state index contributed by atoms with van der Waals surface area (Å²) in [4.78, 5) is 148. The third kappa shape index (κ3) is 20.7. The lowest BCUT2D eigenvalue weighted by Gasteiger charge is -2.27. The number of H-pyrrole nitrogens is 5. The molecule has 5 aliphatic heterocycles. The van der Waals surface area contributed by atoms with Gasteiger partial charge in [0.15, 0.2) is 0 Å². The number of hydrogen-bond donors (Lipinski definition) is 9. The average Bonchev–Trinajstić information content (AvgIpc) is 1.68. The van der Waals surface area contributed by atoms with Crippen molar-refractivity contribution >= 4 is 39.1 Å². The number of phosphoric acid groups is 5. The van der Waals surface area contributed by atoms with Crippen molar-refractivity contribution in [2.75, 3.05) is 68.6 Å². The molecular weight excluding hydrogens is 1580 g/mol. The lowest BCUT2D eigenvalue weighted by molar-refractivity contribution is -0.0660. The fourth-order valence-electron chi connectivity index (χ4n) is 10.7. The molecule has 0 saturated carbocycles. The Balaban J connectivity index is 0.000000512. The van der Waals surface area contributed by atoms with Gasteiger partial charge in [0.05, 0.1) is 76.2 Å². The molecule has 20 atom stereocenters. The maximum Gasteiger partial charge on any atom is 0.474 e. The van der Waals surface area contributed by atoms with E-state index < -0.39 is 269 Å². The summed E-state index contributed by atoms with van der Waals surface area (Å²) in [6.45, 7) is -4.29. The Labute approximate surface area is 589 Å². The van der Waals surface area contributed by atoms with Crippen molar-refractivity contribution in [2.24, 2.45) is 0 Å². The maximum atomic E-state index is 14.6. The van der Waals surface area contributed by atoms with Crippen LogP contribution < -0.4 is 56.2 Å². The van der Waals surface area contributed by atoms with E-state index in [1.54, 1.807) is 24.9 Å². The summed E-state index contributed by atoms with van der Waals surface area (Å²) in [5, 5.41) is 20.5. The number of phosphoric ester groups is 5. The van der Waals surface area contributed by atoms with E-state index in [1.807, 2.05) is 0 Å². The van der Waals surface area contributed by atoms with E-state index in [9.17, 15) is 108 Å². The molecule has 0 radical (unpaired) electrons. The Hall–Kier alpha value is -6.68. The predicted molar refractivity (Wildman–Crippen MR) is 333 cm³/mol. The quantitative estimate of drug-likeness (QED) is 0.0181. The first-order valence-electron chi connectivity index (χ1n) is 30.4. The van der Waals surface area contributed by atoms with Gasteiger partial charge in [-0.2, -0.15) is 22.0 Å². The van der Waals surface area contributed by atoms with Crippen LogP contribution in [0.1, 0.15) is 63.2 Å². The van der Waals surface area contributed by atoms with Gasteiger partial charge >= 0.3 is 67.6 Å². The minimum absolute atomic E-state index is 0.0951. The molecule has 20 unspecified atom stereocenters. The third-order valence-corrected chi connectivity index (χ3v) is 22.2. The van der Waals surface area contributed by atoms with Gasteiger partial charge in [-0.25, -0.2) is 46.8 Å². The predicted octanol–water partition coefficient (Wildman–Crippen LogP) is -1.43. The Bertz CT molecular complexity index is 4960. The van der Waals surface area contributed by atoms with E-state index in [4.69, 9.17) is 73.8 Å². The molecule has 5 saturated heterocycles. The summed E-state index contributed by atoms with van der Waals surface area (Å²) in [7, 11) is -19.9. The normalized spacial score (nSPS) is 28.7. The highest BCUT2D eigenvalue weighted by molar-refractivity contribution is 7.49. The Morgan fingerprint density at radius 3 is 0.794 bits per heavy atom. The number of aromatic nitrogens is 10. The number of aliphatic hydroxyl groups excluding tert-OH is 2. The first-order chi connectivity index (χ1) is 50.2. The molecule has 9 N–H and O–H groups in total. The van der Waals surface area contributed by atoms with Gasteiger partial charge in [-0.1, -0.05) is 0 Å². The minimum Gasteiger partial charge on any atom is -0.390 e. The molecule has 0 spiro atoms. The van der Waals surface area contributed by atoms with Gasteiger partial charge in [0, 0.05) is 67.7 Å². The molecule has 0 aromatic carbocycles. The van der Waals surface area contributed by atoms with Crippen molar-refractivity contribution in [2.45, 2.75) is 124 Å². The molecule has 10 heterocycles. The van der Waals surface area contributed by atoms with E-state index in [0.717, 1.165) is 40.1 Å².